The summed E-state index contributed by atoms with van der Waals surface area (Å²) in [6.45, 7) is 2.09. The van der Waals surface area contributed by atoms with Crippen LogP contribution < -0.4 is 10.6 Å². The molecule has 1 atom stereocenters. The highest BCUT2D eigenvalue weighted by atomic mass is 16.2. The largest absolute Gasteiger partial charge is 0.324 e. The predicted molar refractivity (Wildman–Crippen MR) is 83.8 cm³/mol. The lowest BCUT2D eigenvalue weighted by Gasteiger charge is -2.22. The van der Waals surface area contributed by atoms with E-state index in [4.69, 9.17) is 0 Å². The lowest BCUT2D eigenvalue weighted by Crippen LogP contribution is -2.36. The minimum atomic E-state index is -0.699. The molecule has 2 aromatic heterocycles. The van der Waals surface area contributed by atoms with E-state index in [-0.39, 0.29) is 18.2 Å². The van der Waals surface area contributed by atoms with Gasteiger partial charge in [-0.1, -0.05) is 13.3 Å². The maximum Gasteiger partial charge on any atom is 0.249 e. The van der Waals surface area contributed by atoms with Crippen LogP contribution in [-0.4, -0.2) is 31.6 Å². The first kappa shape index (κ1) is 15.1. The first-order chi connectivity index (χ1) is 11.2. The summed E-state index contributed by atoms with van der Waals surface area (Å²) in [5, 5.41) is 9.83. The minimum absolute atomic E-state index is 0.0422. The second-order valence-corrected chi connectivity index (χ2v) is 5.39. The highest BCUT2D eigenvalue weighted by Crippen LogP contribution is 2.24. The van der Waals surface area contributed by atoms with Gasteiger partial charge in [-0.15, -0.1) is 0 Å². The van der Waals surface area contributed by atoms with Crippen molar-refractivity contribution in [2.45, 2.75) is 38.6 Å². The number of unbranched alkanes of at least 4 members (excludes halogenated alkanes) is 1. The fourth-order valence-corrected chi connectivity index (χ4v) is 2.41. The average molecular weight is 314 g/mol. The van der Waals surface area contributed by atoms with E-state index in [1.807, 2.05) is 0 Å². The third-order valence-electron chi connectivity index (χ3n) is 3.60. The van der Waals surface area contributed by atoms with E-state index in [1.54, 1.807) is 24.5 Å². The Labute approximate surface area is 133 Å². The molecular weight excluding hydrogens is 296 g/mol. The first-order valence-electron chi connectivity index (χ1n) is 7.63. The van der Waals surface area contributed by atoms with Crippen LogP contribution in [0, 0.1) is 0 Å². The predicted octanol–water partition coefficient (Wildman–Crippen LogP) is 1.54. The Morgan fingerprint density at radius 1 is 1.43 bits per heavy atom. The van der Waals surface area contributed by atoms with Crippen molar-refractivity contribution in [2.75, 3.05) is 10.6 Å². The van der Waals surface area contributed by atoms with Gasteiger partial charge in [0.15, 0.2) is 5.82 Å². The Bertz CT molecular complexity index is 712. The molecule has 8 nitrogen and oxygen atoms in total. The Morgan fingerprint density at radius 3 is 2.96 bits per heavy atom. The van der Waals surface area contributed by atoms with E-state index < -0.39 is 6.04 Å². The molecule has 0 aliphatic carbocycles. The van der Waals surface area contributed by atoms with Gasteiger partial charge < -0.3 is 5.32 Å². The maximum atomic E-state index is 12.5. The van der Waals surface area contributed by atoms with Crippen molar-refractivity contribution in [2.24, 2.45) is 0 Å². The first-order valence-corrected chi connectivity index (χ1v) is 7.63. The Hall–Kier alpha value is -2.77. The van der Waals surface area contributed by atoms with Gasteiger partial charge in [-0.2, -0.15) is 10.1 Å². The van der Waals surface area contributed by atoms with Crippen molar-refractivity contribution < 1.29 is 9.59 Å². The maximum absolute atomic E-state index is 12.5. The minimum Gasteiger partial charge on any atom is -0.324 e. The number of rotatable bonds is 5. The second-order valence-electron chi connectivity index (χ2n) is 5.39. The molecule has 3 rings (SSSR count). The van der Waals surface area contributed by atoms with Gasteiger partial charge in [0.2, 0.25) is 17.8 Å². The van der Waals surface area contributed by atoms with E-state index in [2.05, 4.69) is 32.6 Å². The molecule has 23 heavy (non-hydrogen) atoms. The van der Waals surface area contributed by atoms with Gasteiger partial charge in [-0.25, -0.2) is 4.68 Å². The van der Waals surface area contributed by atoms with Crippen molar-refractivity contribution in [1.29, 1.82) is 0 Å². The highest BCUT2D eigenvalue weighted by Gasteiger charge is 2.32. The lowest BCUT2D eigenvalue weighted by atomic mass is 10.1. The highest BCUT2D eigenvalue weighted by molar-refractivity contribution is 6.00. The number of hydrogen-bond donors (Lipinski definition) is 2. The molecule has 0 aromatic carbocycles. The van der Waals surface area contributed by atoms with Crippen LogP contribution in [0.4, 0.5) is 11.6 Å². The molecule has 0 spiro atoms. The van der Waals surface area contributed by atoms with Gasteiger partial charge in [0.1, 0.15) is 6.04 Å². The molecule has 0 saturated carbocycles. The molecule has 120 valence electrons. The average Bonchev–Trinajstić information content (AvgIpc) is 2.95. The topological polar surface area (TPSA) is 102 Å². The summed E-state index contributed by atoms with van der Waals surface area (Å²) in [5.41, 5.74) is 0.629. The Balaban J connectivity index is 1.81. The number of carbonyl (C=O) groups excluding carboxylic acids is 2. The molecule has 3 heterocycles. The van der Waals surface area contributed by atoms with E-state index in [9.17, 15) is 9.59 Å². The van der Waals surface area contributed by atoms with Crippen molar-refractivity contribution in [3.63, 3.8) is 0 Å². The molecule has 2 amide bonds. The Morgan fingerprint density at radius 2 is 2.22 bits per heavy atom. The summed E-state index contributed by atoms with van der Waals surface area (Å²) in [5.74, 6) is 0.453. The monoisotopic (exact) mass is 314 g/mol. The molecule has 1 aliphatic heterocycles. The van der Waals surface area contributed by atoms with Gasteiger partial charge in [-0.05, 0) is 18.6 Å². The summed E-state index contributed by atoms with van der Waals surface area (Å²) >= 11 is 0. The molecule has 1 unspecified atom stereocenters. The number of nitrogens with one attached hydrogen (secondary N) is 2. The SMILES string of the molecule is CCCCc1nc2n(n1)C(C(=O)Nc1ccncc1)CC(=O)N2. The van der Waals surface area contributed by atoms with Gasteiger partial charge in [0.05, 0.1) is 6.42 Å². The van der Waals surface area contributed by atoms with Crippen LogP contribution >= 0.6 is 0 Å². The normalized spacial score (nSPS) is 16.6. The quantitative estimate of drug-likeness (QED) is 0.871. The number of carbonyl (C=O) groups is 2. The molecular formula is C15H18N6O2. The zero-order valence-electron chi connectivity index (χ0n) is 12.8. The van der Waals surface area contributed by atoms with E-state index >= 15 is 0 Å². The van der Waals surface area contributed by atoms with Crippen LogP contribution in [0.25, 0.3) is 0 Å². The number of aromatic nitrogens is 4. The van der Waals surface area contributed by atoms with Gasteiger partial charge in [0.25, 0.3) is 0 Å². The van der Waals surface area contributed by atoms with E-state index in [0.29, 0.717) is 17.5 Å². The van der Waals surface area contributed by atoms with Crippen LogP contribution in [-0.2, 0) is 16.0 Å². The number of aryl methyl sites for hydroxylation is 1. The second kappa shape index (κ2) is 6.55. The van der Waals surface area contributed by atoms with Crippen LogP contribution in [0.1, 0.15) is 38.1 Å². The van der Waals surface area contributed by atoms with Crippen molar-refractivity contribution in [1.82, 2.24) is 19.7 Å². The number of pyridine rings is 1. The van der Waals surface area contributed by atoms with E-state index in [1.165, 1.54) is 4.68 Å². The van der Waals surface area contributed by atoms with Gasteiger partial charge in [-0.3, -0.25) is 19.9 Å². The smallest absolute Gasteiger partial charge is 0.249 e. The third-order valence-corrected chi connectivity index (χ3v) is 3.60. The number of anilines is 2. The summed E-state index contributed by atoms with van der Waals surface area (Å²) < 4.78 is 1.50. The van der Waals surface area contributed by atoms with Crippen LogP contribution in [0.2, 0.25) is 0 Å². The van der Waals surface area contributed by atoms with Crippen LogP contribution in [0.15, 0.2) is 24.5 Å². The molecule has 0 radical (unpaired) electrons. The fourth-order valence-electron chi connectivity index (χ4n) is 2.41. The molecule has 8 heteroatoms. The molecule has 0 saturated heterocycles. The molecule has 0 fully saturated rings. The van der Waals surface area contributed by atoms with Crippen LogP contribution in [0.5, 0.6) is 0 Å². The summed E-state index contributed by atoms with van der Waals surface area (Å²) in [4.78, 5) is 32.5. The van der Waals surface area contributed by atoms with Crippen molar-refractivity contribution >= 4 is 23.5 Å². The van der Waals surface area contributed by atoms with E-state index in [0.717, 1.165) is 19.3 Å². The van der Waals surface area contributed by atoms with Gasteiger partial charge in [0, 0.05) is 24.5 Å². The molecule has 2 aromatic rings. The lowest BCUT2D eigenvalue weighted by molar-refractivity contribution is -0.125. The van der Waals surface area contributed by atoms with Crippen LogP contribution in [0.3, 0.4) is 0 Å². The summed E-state index contributed by atoms with van der Waals surface area (Å²) in [6.07, 6.45) is 5.94. The standard InChI is InChI=1S/C15H18N6O2/c1-2-3-4-12-18-15-19-13(22)9-11(21(15)20-12)14(23)17-10-5-7-16-8-6-10/h5-8,11H,2-4,9H2,1H3,(H,16,17,23)(H,18,19,20,22). The summed E-state index contributed by atoms with van der Waals surface area (Å²) in [7, 11) is 0. The van der Waals surface area contributed by atoms with Crippen molar-refractivity contribution in [3.8, 4) is 0 Å². The molecule has 0 bridgehead atoms. The fraction of sp³-hybridized carbons (Fsp3) is 0.400. The molecule has 2 N–H and O–H groups in total. The number of fused-ring (bicyclic) bond motifs is 1. The Kier molecular flexibility index (Phi) is 4.31. The number of nitrogens with zero attached hydrogens (tertiary/aromatic N) is 4. The third kappa shape index (κ3) is 3.36. The zero-order chi connectivity index (χ0) is 16.2. The number of hydrogen-bond acceptors (Lipinski definition) is 5. The zero-order valence-corrected chi connectivity index (χ0v) is 12.8. The summed E-state index contributed by atoms with van der Waals surface area (Å²) in [6, 6.07) is 2.68. The van der Waals surface area contributed by atoms with Crippen molar-refractivity contribution in [3.05, 3.63) is 30.4 Å². The molecule has 1 aliphatic rings. The number of amides is 2. The van der Waals surface area contributed by atoms with Gasteiger partial charge >= 0.3 is 0 Å².